The van der Waals surface area contributed by atoms with E-state index in [1.807, 2.05) is 26.0 Å². The highest BCUT2D eigenvalue weighted by atomic mass is 32.2. The number of benzene rings is 1. The van der Waals surface area contributed by atoms with Gasteiger partial charge < -0.3 is 4.90 Å². The lowest BCUT2D eigenvalue weighted by Gasteiger charge is -2.23. The van der Waals surface area contributed by atoms with Crippen LogP contribution in [0.2, 0.25) is 0 Å². The molecule has 3 rings (SSSR count). The fourth-order valence-electron chi connectivity index (χ4n) is 3.41. The number of pyridine rings is 1. The predicted molar refractivity (Wildman–Crippen MR) is 107 cm³/mol. The molecule has 156 valence electrons. The average Bonchev–Trinajstić information content (AvgIpc) is 2.88. The van der Waals surface area contributed by atoms with Crippen molar-refractivity contribution in [2.45, 2.75) is 36.4 Å². The number of carbonyl (C=O) groups is 1. The standard InChI is InChI=1S/C21H24F3N3OS/c1-15-6-7-18(16(2)13-15)29-19-17(5-3-8-25-19)20(28)27-10-4-9-26(11-12-27)14-21(22,23)24/h3,5-8,13H,4,9-12,14H2,1-2H3. The van der Waals surface area contributed by atoms with Crippen molar-refractivity contribution in [3.05, 3.63) is 53.2 Å². The molecule has 1 fully saturated rings. The lowest BCUT2D eigenvalue weighted by Crippen LogP contribution is -2.38. The number of carbonyl (C=O) groups excluding carboxylic acids is 1. The number of hydrogen-bond donors (Lipinski definition) is 0. The monoisotopic (exact) mass is 423 g/mol. The van der Waals surface area contributed by atoms with E-state index < -0.39 is 12.7 Å². The first-order chi connectivity index (χ1) is 13.7. The second kappa shape index (κ2) is 9.17. The largest absolute Gasteiger partial charge is 0.401 e. The molecule has 0 radical (unpaired) electrons. The summed E-state index contributed by atoms with van der Waals surface area (Å²) in [6, 6.07) is 9.56. The van der Waals surface area contributed by atoms with Crippen LogP contribution in [0.5, 0.6) is 0 Å². The smallest absolute Gasteiger partial charge is 0.337 e. The number of hydrogen-bond acceptors (Lipinski definition) is 4. The van der Waals surface area contributed by atoms with E-state index in [-0.39, 0.29) is 19.0 Å². The molecule has 29 heavy (non-hydrogen) atoms. The minimum absolute atomic E-state index is 0.181. The van der Waals surface area contributed by atoms with Crippen molar-refractivity contribution in [3.63, 3.8) is 0 Å². The Labute approximate surface area is 173 Å². The Hall–Kier alpha value is -2.06. The Bertz CT molecular complexity index is 872. The van der Waals surface area contributed by atoms with E-state index in [1.165, 1.54) is 16.7 Å². The second-order valence-electron chi connectivity index (χ2n) is 7.26. The minimum atomic E-state index is -4.22. The van der Waals surface area contributed by atoms with Crippen LogP contribution in [0.4, 0.5) is 13.2 Å². The fraction of sp³-hybridized carbons (Fsp3) is 0.429. The van der Waals surface area contributed by atoms with Crippen LogP contribution in [-0.2, 0) is 0 Å². The Morgan fingerprint density at radius 2 is 1.93 bits per heavy atom. The number of aryl methyl sites for hydroxylation is 2. The molecule has 1 aromatic carbocycles. The molecule has 2 heterocycles. The molecule has 1 amide bonds. The quantitative estimate of drug-likeness (QED) is 0.723. The van der Waals surface area contributed by atoms with Crippen LogP contribution in [0.15, 0.2) is 46.5 Å². The van der Waals surface area contributed by atoms with E-state index in [0.29, 0.717) is 30.1 Å². The van der Waals surface area contributed by atoms with Crippen LogP contribution in [0.25, 0.3) is 0 Å². The number of alkyl halides is 3. The van der Waals surface area contributed by atoms with Gasteiger partial charge in [0.2, 0.25) is 0 Å². The number of rotatable bonds is 4. The summed E-state index contributed by atoms with van der Waals surface area (Å²) in [6.45, 7) is 4.37. The summed E-state index contributed by atoms with van der Waals surface area (Å²) in [5, 5.41) is 0.612. The third-order valence-corrected chi connectivity index (χ3v) is 6.01. The SMILES string of the molecule is Cc1ccc(Sc2ncccc2C(=O)N2CCCN(CC(F)(F)F)CC2)c(C)c1. The van der Waals surface area contributed by atoms with Gasteiger partial charge in [0.05, 0.1) is 12.1 Å². The normalized spacial score (nSPS) is 16.0. The van der Waals surface area contributed by atoms with E-state index >= 15 is 0 Å². The Balaban J connectivity index is 1.74. The van der Waals surface area contributed by atoms with E-state index in [0.717, 1.165) is 16.0 Å². The van der Waals surface area contributed by atoms with E-state index in [2.05, 4.69) is 11.1 Å². The molecule has 0 spiro atoms. The Kier molecular flexibility index (Phi) is 6.85. The third-order valence-electron chi connectivity index (χ3n) is 4.82. The van der Waals surface area contributed by atoms with Gasteiger partial charge in [-0.25, -0.2) is 4.98 Å². The summed E-state index contributed by atoms with van der Waals surface area (Å²) < 4.78 is 38.0. The molecule has 1 aliphatic heterocycles. The van der Waals surface area contributed by atoms with Gasteiger partial charge >= 0.3 is 6.18 Å². The van der Waals surface area contributed by atoms with Crippen molar-refractivity contribution < 1.29 is 18.0 Å². The van der Waals surface area contributed by atoms with Gasteiger partial charge in [0.15, 0.2) is 0 Å². The van der Waals surface area contributed by atoms with Gasteiger partial charge in [0.1, 0.15) is 5.03 Å². The zero-order valence-electron chi connectivity index (χ0n) is 16.5. The zero-order chi connectivity index (χ0) is 21.0. The summed E-state index contributed by atoms with van der Waals surface area (Å²) >= 11 is 1.44. The van der Waals surface area contributed by atoms with Crippen LogP contribution in [0.3, 0.4) is 0 Å². The zero-order valence-corrected chi connectivity index (χ0v) is 17.3. The molecule has 0 atom stereocenters. The Morgan fingerprint density at radius 3 is 2.66 bits per heavy atom. The molecule has 0 unspecified atom stereocenters. The first kappa shape index (κ1) is 21.6. The summed E-state index contributed by atoms with van der Waals surface area (Å²) in [7, 11) is 0. The number of nitrogens with zero attached hydrogens (tertiary/aromatic N) is 3. The molecule has 4 nitrogen and oxygen atoms in total. The average molecular weight is 424 g/mol. The molecule has 0 bridgehead atoms. The fourth-order valence-corrected chi connectivity index (χ4v) is 4.35. The first-order valence-electron chi connectivity index (χ1n) is 9.51. The molecule has 1 saturated heterocycles. The number of amides is 1. The maximum Gasteiger partial charge on any atom is 0.401 e. The van der Waals surface area contributed by atoms with Crippen LogP contribution in [0, 0.1) is 13.8 Å². The number of aromatic nitrogens is 1. The van der Waals surface area contributed by atoms with Crippen LogP contribution in [0.1, 0.15) is 27.9 Å². The van der Waals surface area contributed by atoms with Crippen molar-refractivity contribution in [1.29, 1.82) is 0 Å². The van der Waals surface area contributed by atoms with E-state index in [4.69, 9.17) is 0 Å². The minimum Gasteiger partial charge on any atom is -0.337 e. The lowest BCUT2D eigenvalue weighted by molar-refractivity contribution is -0.145. The predicted octanol–water partition coefficient (Wildman–Crippen LogP) is 4.56. The summed E-state index contributed by atoms with van der Waals surface area (Å²) in [6.07, 6.45) is -2.06. The van der Waals surface area contributed by atoms with Crippen molar-refractivity contribution in [1.82, 2.24) is 14.8 Å². The van der Waals surface area contributed by atoms with Crippen LogP contribution >= 0.6 is 11.8 Å². The van der Waals surface area contributed by atoms with Crippen molar-refractivity contribution >= 4 is 17.7 Å². The molecular weight excluding hydrogens is 399 g/mol. The number of halogens is 3. The lowest BCUT2D eigenvalue weighted by atomic mass is 10.2. The first-order valence-corrected chi connectivity index (χ1v) is 10.3. The van der Waals surface area contributed by atoms with Gasteiger partial charge in [-0.3, -0.25) is 9.69 Å². The topological polar surface area (TPSA) is 36.4 Å². The highest BCUT2D eigenvalue weighted by Crippen LogP contribution is 2.32. The van der Waals surface area contributed by atoms with Gasteiger partial charge in [0, 0.05) is 37.3 Å². The van der Waals surface area contributed by atoms with Crippen LogP contribution < -0.4 is 0 Å². The molecule has 0 aliphatic carbocycles. The third kappa shape index (κ3) is 5.96. The van der Waals surface area contributed by atoms with Gasteiger partial charge in [-0.05, 0) is 44.0 Å². The second-order valence-corrected chi connectivity index (χ2v) is 8.29. The maximum atomic E-state index is 13.1. The highest BCUT2D eigenvalue weighted by Gasteiger charge is 2.32. The maximum absolute atomic E-state index is 13.1. The molecule has 1 aromatic heterocycles. The molecular formula is C21H24F3N3OS. The van der Waals surface area contributed by atoms with E-state index in [9.17, 15) is 18.0 Å². The molecule has 2 aromatic rings. The van der Waals surface area contributed by atoms with Gasteiger partial charge in [0.25, 0.3) is 5.91 Å². The van der Waals surface area contributed by atoms with Gasteiger partial charge in [-0.2, -0.15) is 13.2 Å². The molecule has 1 aliphatic rings. The van der Waals surface area contributed by atoms with Crippen molar-refractivity contribution in [2.75, 3.05) is 32.7 Å². The summed E-state index contributed by atoms with van der Waals surface area (Å²) in [5.41, 5.74) is 2.76. The van der Waals surface area contributed by atoms with Crippen LogP contribution in [-0.4, -0.2) is 59.6 Å². The molecule has 0 N–H and O–H groups in total. The Morgan fingerprint density at radius 1 is 1.14 bits per heavy atom. The van der Waals surface area contributed by atoms with Gasteiger partial charge in [-0.15, -0.1) is 0 Å². The summed E-state index contributed by atoms with van der Waals surface area (Å²) in [5.74, 6) is -0.181. The van der Waals surface area contributed by atoms with Gasteiger partial charge in [-0.1, -0.05) is 29.5 Å². The molecule has 0 saturated carbocycles. The summed E-state index contributed by atoms with van der Waals surface area (Å²) in [4.78, 5) is 21.5. The molecule has 8 heteroatoms. The van der Waals surface area contributed by atoms with Crippen molar-refractivity contribution in [3.8, 4) is 0 Å². The van der Waals surface area contributed by atoms with Crippen molar-refractivity contribution in [2.24, 2.45) is 0 Å². The highest BCUT2D eigenvalue weighted by molar-refractivity contribution is 7.99. The van der Waals surface area contributed by atoms with E-state index in [1.54, 1.807) is 23.2 Å².